The Kier molecular flexibility index (Phi) is 6.18. The number of nitrogens with one attached hydrogen (secondary N) is 2. The van der Waals surface area contributed by atoms with E-state index in [0.717, 1.165) is 12.1 Å². The molecular weight excluding hydrogens is 352 g/mol. The first-order chi connectivity index (χ1) is 12.3. The minimum atomic E-state index is -3.68. The SMILES string of the molecule is C#CCNS(=O)(=O)c1ccc(C(=O)Nc2cc(C)n(C(C)CC)n2)cc1. The third-order valence-corrected chi connectivity index (χ3v) is 5.38. The van der Waals surface area contributed by atoms with Crippen molar-refractivity contribution >= 4 is 21.7 Å². The van der Waals surface area contributed by atoms with Crippen molar-refractivity contribution in [1.82, 2.24) is 14.5 Å². The number of hydrogen-bond acceptors (Lipinski definition) is 4. The topological polar surface area (TPSA) is 93.1 Å². The van der Waals surface area contributed by atoms with Crippen LogP contribution in [0.2, 0.25) is 0 Å². The molecule has 0 aliphatic rings. The molecule has 138 valence electrons. The molecule has 2 N–H and O–H groups in total. The van der Waals surface area contributed by atoms with Gasteiger partial charge < -0.3 is 5.32 Å². The zero-order chi connectivity index (χ0) is 19.3. The molecule has 0 spiro atoms. The maximum absolute atomic E-state index is 12.4. The summed E-state index contributed by atoms with van der Waals surface area (Å²) in [5, 5.41) is 7.13. The first-order valence-electron chi connectivity index (χ1n) is 8.19. The zero-order valence-electron chi connectivity index (χ0n) is 15.0. The van der Waals surface area contributed by atoms with Gasteiger partial charge in [0.05, 0.1) is 11.4 Å². The molecule has 0 aliphatic heterocycles. The molecule has 8 heteroatoms. The van der Waals surface area contributed by atoms with Gasteiger partial charge in [-0.25, -0.2) is 8.42 Å². The molecule has 0 saturated heterocycles. The fourth-order valence-corrected chi connectivity index (χ4v) is 3.30. The van der Waals surface area contributed by atoms with E-state index in [4.69, 9.17) is 6.42 Å². The summed E-state index contributed by atoms with van der Waals surface area (Å²) in [6.45, 7) is 5.96. The van der Waals surface area contributed by atoms with E-state index in [-0.39, 0.29) is 23.4 Å². The highest BCUT2D eigenvalue weighted by Gasteiger charge is 2.15. The highest BCUT2D eigenvalue weighted by Crippen LogP contribution is 2.17. The van der Waals surface area contributed by atoms with E-state index in [1.165, 1.54) is 24.3 Å². The van der Waals surface area contributed by atoms with Crippen LogP contribution in [-0.2, 0) is 10.0 Å². The van der Waals surface area contributed by atoms with E-state index >= 15 is 0 Å². The van der Waals surface area contributed by atoms with Crippen LogP contribution >= 0.6 is 0 Å². The predicted molar refractivity (Wildman–Crippen MR) is 100 cm³/mol. The Morgan fingerprint density at radius 3 is 2.58 bits per heavy atom. The van der Waals surface area contributed by atoms with Crippen molar-refractivity contribution in [2.75, 3.05) is 11.9 Å². The average molecular weight is 374 g/mol. The van der Waals surface area contributed by atoms with Crippen LogP contribution in [0.1, 0.15) is 42.4 Å². The monoisotopic (exact) mass is 374 g/mol. The second-order valence-electron chi connectivity index (χ2n) is 5.88. The van der Waals surface area contributed by atoms with Crippen LogP contribution < -0.4 is 10.0 Å². The molecule has 0 fully saturated rings. The van der Waals surface area contributed by atoms with Gasteiger partial charge in [-0.1, -0.05) is 12.8 Å². The number of aryl methyl sites for hydroxylation is 1. The van der Waals surface area contributed by atoms with Crippen LogP contribution in [-0.4, -0.2) is 30.7 Å². The number of carbonyl (C=O) groups excluding carboxylic acids is 1. The number of carbonyl (C=O) groups is 1. The lowest BCUT2D eigenvalue weighted by Crippen LogP contribution is -2.24. The molecule has 26 heavy (non-hydrogen) atoms. The minimum absolute atomic E-state index is 0.0428. The summed E-state index contributed by atoms with van der Waals surface area (Å²) >= 11 is 0. The van der Waals surface area contributed by atoms with Crippen molar-refractivity contribution in [3.05, 3.63) is 41.6 Å². The number of benzene rings is 1. The largest absolute Gasteiger partial charge is 0.305 e. The molecule has 0 radical (unpaired) electrons. The molecule has 0 aliphatic carbocycles. The minimum Gasteiger partial charge on any atom is -0.305 e. The number of anilines is 1. The molecule has 2 rings (SSSR count). The average Bonchev–Trinajstić information content (AvgIpc) is 2.99. The highest BCUT2D eigenvalue weighted by atomic mass is 32.2. The third kappa shape index (κ3) is 4.50. The summed E-state index contributed by atoms with van der Waals surface area (Å²) < 4.78 is 28.1. The number of aromatic nitrogens is 2. The van der Waals surface area contributed by atoms with Gasteiger partial charge in [0.2, 0.25) is 10.0 Å². The zero-order valence-corrected chi connectivity index (χ0v) is 15.8. The van der Waals surface area contributed by atoms with Gasteiger partial charge in [0.15, 0.2) is 5.82 Å². The fourth-order valence-electron chi connectivity index (χ4n) is 2.36. The van der Waals surface area contributed by atoms with Crippen molar-refractivity contribution < 1.29 is 13.2 Å². The number of rotatable bonds is 7. The number of sulfonamides is 1. The van der Waals surface area contributed by atoms with E-state index in [1.807, 2.05) is 11.6 Å². The van der Waals surface area contributed by atoms with E-state index in [0.29, 0.717) is 11.4 Å². The van der Waals surface area contributed by atoms with Gasteiger partial charge in [-0.3, -0.25) is 9.48 Å². The fraction of sp³-hybridized carbons (Fsp3) is 0.333. The van der Waals surface area contributed by atoms with E-state index in [9.17, 15) is 13.2 Å². The van der Waals surface area contributed by atoms with Crippen LogP contribution in [0.3, 0.4) is 0 Å². The van der Waals surface area contributed by atoms with Crippen LogP contribution in [0.15, 0.2) is 35.2 Å². The lowest BCUT2D eigenvalue weighted by atomic mass is 10.2. The molecule has 2 aromatic rings. The molecule has 1 heterocycles. The highest BCUT2D eigenvalue weighted by molar-refractivity contribution is 7.89. The Morgan fingerprint density at radius 2 is 2.00 bits per heavy atom. The molecular formula is C18H22N4O3S. The van der Waals surface area contributed by atoms with Crippen molar-refractivity contribution in [3.63, 3.8) is 0 Å². The van der Waals surface area contributed by atoms with Crippen molar-refractivity contribution in [1.29, 1.82) is 0 Å². The van der Waals surface area contributed by atoms with Gasteiger partial charge in [0, 0.05) is 23.4 Å². The third-order valence-electron chi connectivity index (χ3n) is 3.96. The van der Waals surface area contributed by atoms with Gasteiger partial charge in [-0.15, -0.1) is 6.42 Å². The molecule has 7 nitrogen and oxygen atoms in total. The number of hydrogen-bond donors (Lipinski definition) is 2. The molecule has 1 aromatic carbocycles. The number of amides is 1. The molecule has 1 atom stereocenters. The van der Waals surface area contributed by atoms with E-state index in [1.54, 1.807) is 6.07 Å². The van der Waals surface area contributed by atoms with Crippen molar-refractivity contribution in [3.8, 4) is 12.3 Å². The summed E-state index contributed by atoms with van der Waals surface area (Å²) in [6, 6.07) is 7.64. The van der Waals surface area contributed by atoms with Gasteiger partial charge in [0.25, 0.3) is 5.91 Å². The second-order valence-corrected chi connectivity index (χ2v) is 7.65. The normalized spacial score (nSPS) is 12.4. The van der Waals surface area contributed by atoms with Gasteiger partial charge in [-0.05, 0) is 44.5 Å². The number of terminal acetylenes is 1. The predicted octanol–water partition coefficient (Wildman–Crippen LogP) is 2.33. The van der Waals surface area contributed by atoms with Crippen molar-refractivity contribution in [2.24, 2.45) is 0 Å². The quantitative estimate of drug-likeness (QED) is 0.728. The Morgan fingerprint density at radius 1 is 1.35 bits per heavy atom. The lowest BCUT2D eigenvalue weighted by Gasteiger charge is -2.11. The number of nitrogens with zero attached hydrogens (tertiary/aromatic N) is 2. The summed E-state index contributed by atoms with van der Waals surface area (Å²) in [6.07, 6.45) is 5.98. The van der Waals surface area contributed by atoms with Gasteiger partial charge in [0.1, 0.15) is 0 Å². The maximum Gasteiger partial charge on any atom is 0.256 e. The molecule has 1 amide bonds. The molecule has 1 aromatic heterocycles. The molecule has 0 bridgehead atoms. The van der Waals surface area contributed by atoms with Crippen LogP contribution in [0, 0.1) is 19.3 Å². The second kappa shape index (κ2) is 8.17. The maximum atomic E-state index is 12.4. The Hall–Kier alpha value is -2.63. The Labute approximate surface area is 153 Å². The summed E-state index contributed by atoms with van der Waals surface area (Å²) in [5.41, 5.74) is 1.28. The molecule has 1 unspecified atom stereocenters. The van der Waals surface area contributed by atoms with Crippen LogP contribution in [0.4, 0.5) is 5.82 Å². The first-order valence-corrected chi connectivity index (χ1v) is 9.67. The molecule has 0 saturated carbocycles. The van der Waals surface area contributed by atoms with Crippen LogP contribution in [0.5, 0.6) is 0 Å². The van der Waals surface area contributed by atoms with E-state index in [2.05, 4.69) is 34.9 Å². The van der Waals surface area contributed by atoms with Gasteiger partial charge >= 0.3 is 0 Å². The Balaban J connectivity index is 2.13. The lowest BCUT2D eigenvalue weighted by molar-refractivity contribution is 0.102. The summed E-state index contributed by atoms with van der Waals surface area (Å²) in [5.74, 6) is 2.30. The Bertz CT molecular complexity index is 924. The summed E-state index contributed by atoms with van der Waals surface area (Å²) in [7, 11) is -3.68. The van der Waals surface area contributed by atoms with Gasteiger partial charge in [-0.2, -0.15) is 9.82 Å². The van der Waals surface area contributed by atoms with Crippen LogP contribution in [0.25, 0.3) is 0 Å². The standard InChI is InChI=1S/C18H22N4O3S/c1-5-11-19-26(24,25)16-9-7-15(8-10-16)18(23)20-17-12-14(4)22(21-17)13(3)6-2/h1,7-10,12-13,19H,6,11H2,2-4H3,(H,20,21,23). The van der Waals surface area contributed by atoms with Crippen molar-refractivity contribution in [2.45, 2.75) is 38.1 Å². The summed E-state index contributed by atoms with van der Waals surface area (Å²) in [4.78, 5) is 12.4. The van der Waals surface area contributed by atoms with E-state index < -0.39 is 10.0 Å². The smallest absolute Gasteiger partial charge is 0.256 e. The first kappa shape index (κ1) is 19.7.